The SMILES string of the molecule is COc1ccc(Nc2nc3ccccc3nc2NS(=O)(=O)c2ccc(Br)cc2)cc1OC. The summed E-state index contributed by atoms with van der Waals surface area (Å²) in [5.41, 5.74) is 1.79. The Bertz CT molecular complexity index is 1380. The molecule has 0 aliphatic carbocycles. The van der Waals surface area contributed by atoms with Crippen LogP contribution in [0.1, 0.15) is 0 Å². The third-order valence-electron chi connectivity index (χ3n) is 4.57. The quantitative estimate of drug-likeness (QED) is 0.359. The number of nitrogens with zero attached hydrogens (tertiary/aromatic N) is 2. The molecule has 1 heterocycles. The molecule has 0 aliphatic rings. The van der Waals surface area contributed by atoms with Gasteiger partial charge in [-0.1, -0.05) is 28.1 Å². The lowest BCUT2D eigenvalue weighted by Crippen LogP contribution is -2.16. The van der Waals surface area contributed by atoms with Gasteiger partial charge < -0.3 is 14.8 Å². The van der Waals surface area contributed by atoms with E-state index in [1.165, 1.54) is 19.2 Å². The molecule has 0 spiro atoms. The van der Waals surface area contributed by atoms with Crippen LogP contribution >= 0.6 is 15.9 Å². The number of methoxy groups -OCH3 is 2. The lowest BCUT2D eigenvalue weighted by atomic mass is 10.2. The lowest BCUT2D eigenvalue weighted by Gasteiger charge is -2.15. The molecule has 0 aliphatic heterocycles. The van der Waals surface area contributed by atoms with Crippen LogP contribution in [0.3, 0.4) is 0 Å². The van der Waals surface area contributed by atoms with Gasteiger partial charge in [0.1, 0.15) is 0 Å². The number of fused-ring (bicyclic) bond motifs is 1. The van der Waals surface area contributed by atoms with Crippen molar-refractivity contribution in [1.29, 1.82) is 0 Å². The van der Waals surface area contributed by atoms with Gasteiger partial charge in [0, 0.05) is 16.2 Å². The third-order valence-corrected chi connectivity index (χ3v) is 6.46. The number of anilines is 3. The van der Waals surface area contributed by atoms with Crippen LogP contribution in [0.2, 0.25) is 0 Å². The van der Waals surface area contributed by atoms with Crippen LogP contribution in [0.4, 0.5) is 17.3 Å². The van der Waals surface area contributed by atoms with Crippen molar-refractivity contribution in [1.82, 2.24) is 9.97 Å². The van der Waals surface area contributed by atoms with Crippen molar-refractivity contribution < 1.29 is 17.9 Å². The highest BCUT2D eigenvalue weighted by molar-refractivity contribution is 9.10. The van der Waals surface area contributed by atoms with E-state index in [0.717, 1.165) is 4.47 Å². The van der Waals surface area contributed by atoms with E-state index in [4.69, 9.17) is 9.47 Å². The normalized spacial score (nSPS) is 11.2. The number of nitrogens with one attached hydrogen (secondary N) is 2. The van der Waals surface area contributed by atoms with Gasteiger partial charge in [-0.15, -0.1) is 0 Å². The Balaban J connectivity index is 1.76. The molecular weight excluding hydrogens is 496 g/mol. The summed E-state index contributed by atoms with van der Waals surface area (Å²) in [5.74, 6) is 1.40. The van der Waals surface area contributed by atoms with Crippen molar-refractivity contribution in [3.63, 3.8) is 0 Å². The van der Waals surface area contributed by atoms with E-state index in [1.54, 1.807) is 49.6 Å². The number of hydrogen-bond donors (Lipinski definition) is 2. The molecule has 0 amide bonds. The Labute approximate surface area is 193 Å². The van der Waals surface area contributed by atoms with Crippen LogP contribution in [-0.4, -0.2) is 32.6 Å². The number of para-hydroxylation sites is 2. The first-order valence-corrected chi connectivity index (χ1v) is 11.7. The van der Waals surface area contributed by atoms with Gasteiger partial charge >= 0.3 is 0 Å². The molecule has 32 heavy (non-hydrogen) atoms. The molecule has 0 atom stereocenters. The van der Waals surface area contributed by atoms with E-state index in [-0.39, 0.29) is 16.5 Å². The average Bonchev–Trinajstić information content (AvgIpc) is 2.79. The molecule has 4 aromatic rings. The van der Waals surface area contributed by atoms with E-state index < -0.39 is 10.0 Å². The molecule has 0 saturated carbocycles. The van der Waals surface area contributed by atoms with Crippen LogP contribution in [0.15, 0.2) is 76.1 Å². The van der Waals surface area contributed by atoms with Crippen molar-refractivity contribution in [2.75, 3.05) is 24.3 Å². The van der Waals surface area contributed by atoms with Gasteiger partial charge in [-0.2, -0.15) is 0 Å². The molecule has 0 unspecified atom stereocenters. The number of benzene rings is 3. The molecule has 0 bridgehead atoms. The zero-order valence-corrected chi connectivity index (χ0v) is 19.6. The maximum Gasteiger partial charge on any atom is 0.263 e. The van der Waals surface area contributed by atoms with Crippen molar-refractivity contribution >= 4 is 54.3 Å². The average molecular weight is 515 g/mol. The molecule has 8 nitrogen and oxygen atoms in total. The first-order chi connectivity index (χ1) is 15.4. The van der Waals surface area contributed by atoms with E-state index in [9.17, 15) is 8.42 Å². The van der Waals surface area contributed by atoms with Crippen LogP contribution < -0.4 is 19.5 Å². The van der Waals surface area contributed by atoms with Gasteiger partial charge in [-0.3, -0.25) is 4.72 Å². The molecular formula is C22H19BrN4O4S. The van der Waals surface area contributed by atoms with E-state index in [2.05, 4.69) is 35.9 Å². The number of aromatic nitrogens is 2. The summed E-state index contributed by atoms with van der Waals surface area (Å²) in [6.07, 6.45) is 0. The Morgan fingerprint density at radius 1 is 0.812 bits per heavy atom. The largest absolute Gasteiger partial charge is 0.493 e. The van der Waals surface area contributed by atoms with Crippen LogP contribution in [0.25, 0.3) is 11.0 Å². The predicted octanol–water partition coefficient (Wildman–Crippen LogP) is 4.95. The fourth-order valence-electron chi connectivity index (χ4n) is 3.01. The summed E-state index contributed by atoms with van der Waals surface area (Å²) < 4.78 is 39.9. The van der Waals surface area contributed by atoms with Crippen molar-refractivity contribution in [2.24, 2.45) is 0 Å². The molecule has 1 aromatic heterocycles. The van der Waals surface area contributed by atoms with Crippen molar-refractivity contribution in [3.05, 3.63) is 71.2 Å². The number of halogens is 1. The van der Waals surface area contributed by atoms with Gasteiger partial charge in [-0.25, -0.2) is 18.4 Å². The Morgan fingerprint density at radius 3 is 2.06 bits per heavy atom. The topological polar surface area (TPSA) is 102 Å². The van der Waals surface area contributed by atoms with Crippen molar-refractivity contribution in [2.45, 2.75) is 4.90 Å². The van der Waals surface area contributed by atoms with Gasteiger partial charge in [0.25, 0.3) is 10.0 Å². The standard InChI is InChI=1S/C22H19BrN4O4S/c1-30-19-12-9-15(13-20(19)31-2)24-21-22(26-18-6-4-3-5-17(18)25-21)27-32(28,29)16-10-7-14(23)8-11-16/h3-13H,1-2H3,(H,24,25)(H,26,27). The minimum Gasteiger partial charge on any atom is -0.493 e. The molecule has 0 fully saturated rings. The summed E-state index contributed by atoms with van der Waals surface area (Å²) in [5, 5.41) is 3.13. The van der Waals surface area contributed by atoms with Crippen LogP contribution in [0.5, 0.6) is 11.5 Å². The molecule has 10 heteroatoms. The Morgan fingerprint density at radius 2 is 1.44 bits per heavy atom. The van der Waals surface area contributed by atoms with E-state index in [0.29, 0.717) is 28.2 Å². The molecule has 3 aromatic carbocycles. The third kappa shape index (κ3) is 4.61. The molecule has 0 radical (unpaired) electrons. The summed E-state index contributed by atoms with van der Waals surface area (Å²) in [7, 11) is -0.808. The Hall–Kier alpha value is -3.37. The van der Waals surface area contributed by atoms with Crippen molar-refractivity contribution in [3.8, 4) is 11.5 Å². The summed E-state index contributed by atoms with van der Waals surface area (Å²) in [4.78, 5) is 9.18. The van der Waals surface area contributed by atoms with Gasteiger partial charge in [0.2, 0.25) is 0 Å². The van der Waals surface area contributed by atoms with E-state index >= 15 is 0 Å². The molecule has 4 rings (SSSR count). The van der Waals surface area contributed by atoms with E-state index in [1.807, 2.05) is 12.1 Å². The number of ether oxygens (including phenoxy) is 2. The summed E-state index contributed by atoms with van der Waals surface area (Å²) >= 11 is 3.31. The lowest BCUT2D eigenvalue weighted by molar-refractivity contribution is 0.355. The zero-order chi connectivity index (χ0) is 22.7. The second kappa shape index (κ2) is 9.01. The van der Waals surface area contributed by atoms with Gasteiger partial charge in [0.05, 0.1) is 30.1 Å². The van der Waals surface area contributed by atoms with Gasteiger partial charge in [0.15, 0.2) is 23.1 Å². The highest BCUT2D eigenvalue weighted by Gasteiger charge is 2.19. The fraction of sp³-hybridized carbons (Fsp3) is 0.0909. The highest BCUT2D eigenvalue weighted by Crippen LogP contribution is 2.33. The maximum absolute atomic E-state index is 13.0. The molecule has 0 saturated heterocycles. The molecule has 164 valence electrons. The second-order valence-corrected chi connectivity index (χ2v) is 9.26. The smallest absolute Gasteiger partial charge is 0.263 e. The Kier molecular flexibility index (Phi) is 6.15. The zero-order valence-electron chi connectivity index (χ0n) is 17.2. The first kappa shape index (κ1) is 21.8. The van der Waals surface area contributed by atoms with Gasteiger partial charge in [-0.05, 0) is 48.5 Å². The number of hydrogen-bond acceptors (Lipinski definition) is 7. The minimum atomic E-state index is -3.90. The maximum atomic E-state index is 13.0. The summed E-state index contributed by atoms with van der Waals surface area (Å²) in [6, 6.07) is 18.8. The molecule has 2 N–H and O–H groups in total. The monoisotopic (exact) mass is 514 g/mol. The minimum absolute atomic E-state index is 0.0707. The predicted molar refractivity (Wildman–Crippen MR) is 127 cm³/mol. The second-order valence-electron chi connectivity index (χ2n) is 6.66. The van der Waals surface area contributed by atoms with Crippen LogP contribution in [-0.2, 0) is 10.0 Å². The number of rotatable bonds is 7. The summed E-state index contributed by atoms with van der Waals surface area (Å²) in [6.45, 7) is 0. The fourth-order valence-corrected chi connectivity index (χ4v) is 4.28. The first-order valence-electron chi connectivity index (χ1n) is 9.44. The highest BCUT2D eigenvalue weighted by atomic mass is 79.9. The van der Waals surface area contributed by atoms with Crippen LogP contribution in [0, 0.1) is 0 Å². The number of sulfonamides is 1.